The van der Waals surface area contributed by atoms with Crippen molar-refractivity contribution in [3.8, 4) is 0 Å². The Kier molecular flexibility index (Phi) is 4.38. The van der Waals surface area contributed by atoms with E-state index in [9.17, 15) is 10.1 Å². The molecule has 0 amide bonds. The number of rotatable bonds is 4. The maximum atomic E-state index is 10.9. The lowest BCUT2D eigenvalue weighted by Crippen LogP contribution is -1.98. The fourth-order valence-electron chi connectivity index (χ4n) is 1.33. The second-order valence-electron chi connectivity index (χ2n) is 3.50. The molecule has 1 aromatic heterocycles. The largest absolute Gasteiger partial charge is 0.383 e. The van der Waals surface area contributed by atoms with Gasteiger partial charge < -0.3 is 5.73 Å². The first kappa shape index (κ1) is 14.5. The van der Waals surface area contributed by atoms with Gasteiger partial charge in [0.1, 0.15) is 5.82 Å². The number of anilines is 2. The zero-order chi connectivity index (χ0) is 14.7. The number of hydrogen-bond acceptors (Lipinski definition) is 7. The van der Waals surface area contributed by atoms with E-state index < -0.39 is 4.92 Å². The lowest BCUT2D eigenvalue weighted by Gasteiger charge is -2.02. The maximum Gasteiger partial charge on any atom is 0.279 e. The van der Waals surface area contributed by atoms with Gasteiger partial charge in [0.2, 0.25) is 5.13 Å². The van der Waals surface area contributed by atoms with Crippen molar-refractivity contribution < 1.29 is 4.92 Å². The van der Waals surface area contributed by atoms with E-state index in [0.717, 1.165) is 0 Å². The summed E-state index contributed by atoms with van der Waals surface area (Å²) in [5.74, 6) is 0.361. The zero-order valence-corrected chi connectivity index (χ0v) is 12.0. The Morgan fingerprint density at radius 3 is 2.85 bits per heavy atom. The normalized spacial score (nSPS) is 10.9. The molecule has 0 unspecified atom stereocenters. The Labute approximate surface area is 127 Å². The monoisotopic (exact) mass is 331 g/mol. The molecule has 0 spiro atoms. The van der Waals surface area contributed by atoms with Crippen LogP contribution in [0.1, 0.15) is 5.56 Å². The number of halogens is 2. The number of thiazole rings is 1. The summed E-state index contributed by atoms with van der Waals surface area (Å²) in [5.41, 5.74) is 7.97. The SMILES string of the molecule is Nc1csc(NN=Cc2c([N+](=O)[O-])ccc(Cl)c2Cl)n1. The van der Waals surface area contributed by atoms with E-state index in [1.165, 1.54) is 29.7 Å². The van der Waals surface area contributed by atoms with Crippen LogP contribution in [-0.4, -0.2) is 16.1 Å². The molecule has 7 nitrogen and oxygen atoms in total. The third kappa shape index (κ3) is 3.16. The molecule has 1 heterocycles. The number of benzene rings is 1. The fraction of sp³-hybridized carbons (Fsp3) is 0. The maximum absolute atomic E-state index is 10.9. The predicted molar refractivity (Wildman–Crippen MR) is 80.9 cm³/mol. The fourth-order valence-corrected chi connectivity index (χ4v) is 2.25. The highest BCUT2D eigenvalue weighted by Crippen LogP contribution is 2.31. The Hall–Kier alpha value is -1.90. The Morgan fingerprint density at radius 1 is 1.50 bits per heavy atom. The predicted octanol–water partition coefficient (Wildman–Crippen LogP) is 3.39. The van der Waals surface area contributed by atoms with E-state index in [1.54, 1.807) is 5.38 Å². The van der Waals surface area contributed by atoms with Gasteiger partial charge in [-0.2, -0.15) is 5.10 Å². The third-order valence-corrected chi connectivity index (χ3v) is 3.77. The molecule has 10 heteroatoms. The number of nitro groups is 1. The van der Waals surface area contributed by atoms with Crippen molar-refractivity contribution in [2.45, 2.75) is 0 Å². The molecule has 2 rings (SSSR count). The second-order valence-corrected chi connectivity index (χ2v) is 5.14. The van der Waals surface area contributed by atoms with Crippen LogP contribution in [-0.2, 0) is 0 Å². The van der Waals surface area contributed by atoms with Crippen molar-refractivity contribution in [3.05, 3.63) is 43.2 Å². The van der Waals surface area contributed by atoms with Crippen LogP contribution in [0.25, 0.3) is 0 Å². The Morgan fingerprint density at radius 2 is 2.25 bits per heavy atom. The lowest BCUT2D eigenvalue weighted by molar-refractivity contribution is -0.385. The number of hydrogen-bond donors (Lipinski definition) is 2. The molecule has 0 radical (unpaired) electrons. The molecule has 20 heavy (non-hydrogen) atoms. The molecule has 0 aliphatic carbocycles. The van der Waals surface area contributed by atoms with Crippen molar-refractivity contribution in [1.82, 2.24) is 4.98 Å². The van der Waals surface area contributed by atoms with E-state index in [0.29, 0.717) is 10.9 Å². The highest BCUT2D eigenvalue weighted by atomic mass is 35.5. The van der Waals surface area contributed by atoms with Gasteiger partial charge in [-0.05, 0) is 6.07 Å². The molecule has 0 bridgehead atoms. The van der Waals surface area contributed by atoms with Crippen molar-refractivity contribution in [2.24, 2.45) is 5.10 Å². The summed E-state index contributed by atoms with van der Waals surface area (Å²) in [6.07, 6.45) is 1.21. The summed E-state index contributed by atoms with van der Waals surface area (Å²) >= 11 is 13.0. The van der Waals surface area contributed by atoms with Crippen LogP contribution in [0, 0.1) is 10.1 Å². The van der Waals surface area contributed by atoms with Crippen LogP contribution >= 0.6 is 34.5 Å². The van der Waals surface area contributed by atoms with Crippen molar-refractivity contribution in [3.63, 3.8) is 0 Å². The molecular weight excluding hydrogens is 325 g/mol. The van der Waals surface area contributed by atoms with Gasteiger partial charge in [0, 0.05) is 11.4 Å². The first-order valence-corrected chi connectivity index (χ1v) is 6.75. The van der Waals surface area contributed by atoms with Crippen molar-refractivity contribution in [1.29, 1.82) is 0 Å². The molecule has 0 saturated carbocycles. The van der Waals surface area contributed by atoms with Crippen LogP contribution in [0.2, 0.25) is 10.0 Å². The van der Waals surface area contributed by atoms with Crippen LogP contribution in [0.4, 0.5) is 16.6 Å². The smallest absolute Gasteiger partial charge is 0.279 e. The first-order valence-electron chi connectivity index (χ1n) is 5.11. The molecule has 2 aromatic rings. The van der Waals surface area contributed by atoms with Gasteiger partial charge >= 0.3 is 0 Å². The van der Waals surface area contributed by atoms with E-state index in [1.807, 2.05) is 0 Å². The standard InChI is InChI=1S/C10H7Cl2N5O2S/c11-6-1-2-7(17(18)19)5(9(6)12)3-14-16-10-15-8(13)4-20-10/h1-4H,13H2,(H,15,16). The van der Waals surface area contributed by atoms with Gasteiger partial charge in [0.25, 0.3) is 5.69 Å². The van der Waals surface area contributed by atoms with Gasteiger partial charge in [-0.15, -0.1) is 11.3 Å². The highest BCUT2D eigenvalue weighted by Gasteiger charge is 2.17. The number of nitrogens with two attached hydrogens (primary N) is 1. The quantitative estimate of drug-likeness (QED) is 0.507. The van der Waals surface area contributed by atoms with E-state index in [2.05, 4.69) is 15.5 Å². The van der Waals surface area contributed by atoms with Crippen LogP contribution in [0.3, 0.4) is 0 Å². The minimum atomic E-state index is -0.565. The number of nitrogens with one attached hydrogen (secondary N) is 1. The van der Waals surface area contributed by atoms with Crippen LogP contribution < -0.4 is 11.2 Å². The average molecular weight is 332 g/mol. The van der Waals surface area contributed by atoms with E-state index in [-0.39, 0.29) is 21.3 Å². The summed E-state index contributed by atoms with van der Waals surface area (Å²) in [6.45, 7) is 0. The van der Waals surface area contributed by atoms with Gasteiger partial charge in [0.05, 0.1) is 26.7 Å². The molecule has 0 aliphatic heterocycles. The van der Waals surface area contributed by atoms with Crippen LogP contribution in [0.15, 0.2) is 22.6 Å². The third-order valence-electron chi connectivity index (χ3n) is 2.18. The minimum Gasteiger partial charge on any atom is -0.383 e. The molecule has 0 atom stereocenters. The summed E-state index contributed by atoms with van der Waals surface area (Å²) in [4.78, 5) is 14.3. The molecule has 0 aliphatic rings. The molecule has 104 valence electrons. The number of nitrogens with zero attached hydrogens (tertiary/aromatic N) is 3. The summed E-state index contributed by atoms with van der Waals surface area (Å²) in [7, 11) is 0. The zero-order valence-electron chi connectivity index (χ0n) is 9.71. The number of nitrogen functional groups attached to an aromatic ring is 1. The molecule has 0 fully saturated rings. The average Bonchev–Trinajstić information content (AvgIpc) is 2.80. The van der Waals surface area contributed by atoms with Crippen molar-refractivity contribution in [2.75, 3.05) is 11.2 Å². The van der Waals surface area contributed by atoms with Gasteiger partial charge in [-0.1, -0.05) is 23.2 Å². The van der Waals surface area contributed by atoms with Crippen LogP contribution in [0.5, 0.6) is 0 Å². The first-order chi connectivity index (χ1) is 9.49. The summed E-state index contributed by atoms with van der Waals surface area (Å²) in [6, 6.07) is 2.62. The number of hydrazone groups is 1. The molecule has 1 aromatic carbocycles. The molecule has 0 saturated heterocycles. The Bertz CT molecular complexity index is 688. The molecular formula is C10H7Cl2N5O2S. The van der Waals surface area contributed by atoms with Gasteiger partial charge in [-0.25, -0.2) is 4.98 Å². The summed E-state index contributed by atoms with van der Waals surface area (Å²) in [5, 5.41) is 17.1. The van der Waals surface area contributed by atoms with E-state index in [4.69, 9.17) is 28.9 Å². The number of aromatic nitrogens is 1. The highest BCUT2D eigenvalue weighted by molar-refractivity contribution is 7.14. The lowest BCUT2D eigenvalue weighted by atomic mass is 10.2. The summed E-state index contributed by atoms with van der Waals surface area (Å²) < 4.78 is 0. The topological polar surface area (TPSA) is 106 Å². The second kappa shape index (κ2) is 6.04. The molecule has 3 N–H and O–H groups in total. The minimum absolute atomic E-state index is 0.0602. The van der Waals surface area contributed by atoms with Gasteiger partial charge in [0.15, 0.2) is 0 Å². The van der Waals surface area contributed by atoms with Gasteiger partial charge in [-0.3, -0.25) is 15.5 Å². The number of nitro benzene ring substituents is 1. The Balaban J connectivity index is 2.27. The van der Waals surface area contributed by atoms with Crippen molar-refractivity contribution >= 4 is 57.4 Å². The van der Waals surface area contributed by atoms with E-state index >= 15 is 0 Å².